The number of carbonyl (C=O) groups excluding carboxylic acids is 1. The second kappa shape index (κ2) is 6.41. The highest BCUT2D eigenvalue weighted by Gasteiger charge is 2.43. The Morgan fingerprint density at radius 1 is 1.29 bits per heavy atom. The molecule has 0 spiro atoms. The molecule has 1 saturated carbocycles. The van der Waals surface area contributed by atoms with E-state index in [4.69, 9.17) is 0 Å². The summed E-state index contributed by atoms with van der Waals surface area (Å²) in [5.74, 6) is 0.977. The lowest BCUT2D eigenvalue weighted by Gasteiger charge is -2.29. The summed E-state index contributed by atoms with van der Waals surface area (Å²) >= 11 is 1.69. The topological polar surface area (TPSA) is 49.7 Å². The zero-order chi connectivity index (χ0) is 15.7. The Morgan fingerprint density at radius 2 is 1.86 bits per heavy atom. The van der Waals surface area contributed by atoms with E-state index in [1.54, 1.807) is 11.8 Å². The molecule has 2 rings (SSSR count). The van der Waals surface area contributed by atoms with Crippen molar-refractivity contribution in [1.29, 1.82) is 0 Å². The third-order valence-electron chi connectivity index (χ3n) is 5.20. The van der Waals surface area contributed by atoms with E-state index in [0.717, 1.165) is 50.0 Å². The average molecular weight is 311 g/mol. The van der Waals surface area contributed by atoms with Crippen LogP contribution in [0, 0.1) is 11.8 Å². The van der Waals surface area contributed by atoms with E-state index in [2.05, 4.69) is 18.8 Å². The SMILES string of the molecule is CC(C)C1(C)SC(CC2CCCC(C)(O)CCC2)=NC1=O. The van der Waals surface area contributed by atoms with Crippen LogP contribution in [0.4, 0.5) is 0 Å². The molecule has 0 saturated heterocycles. The largest absolute Gasteiger partial charge is 0.390 e. The maximum atomic E-state index is 12.2. The number of hydrogen-bond acceptors (Lipinski definition) is 3. The summed E-state index contributed by atoms with van der Waals surface area (Å²) < 4.78 is -0.360. The summed E-state index contributed by atoms with van der Waals surface area (Å²) in [5, 5.41) is 11.2. The molecule has 1 fully saturated rings. The first-order valence-electron chi connectivity index (χ1n) is 8.26. The molecule has 1 N–H and O–H groups in total. The zero-order valence-corrected chi connectivity index (χ0v) is 14.6. The summed E-state index contributed by atoms with van der Waals surface area (Å²) in [6.07, 6.45) is 7.17. The Balaban J connectivity index is 1.91. The lowest BCUT2D eigenvalue weighted by atomic mass is 9.83. The Hall–Kier alpha value is -0.350. The van der Waals surface area contributed by atoms with Gasteiger partial charge in [-0.3, -0.25) is 4.79 Å². The van der Waals surface area contributed by atoms with Gasteiger partial charge >= 0.3 is 0 Å². The molecule has 1 heterocycles. The number of carbonyl (C=O) groups is 1. The van der Waals surface area contributed by atoms with E-state index in [0.29, 0.717) is 11.8 Å². The molecular formula is C17H29NO2S. The van der Waals surface area contributed by atoms with Crippen molar-refractivity contribution in [2.45, 2.75) is 83.0 Å². The first-order valence-corrected chi connectivity index (χ1v) is 9.08. The lowest BCUT2D eigenvalue weighted by molar-refractivity contribution is -0.120. The van der Waals surface area contributed by atoms with E-state index in [1.807, 2.05) is 13.8 Å². The van der Waals surface area contributed by atoms with Crippen LogP contribution in [-0.4, -0.2) is 26.4 Å². The molecule has 1 unspecified atom stereocenters. The quantitative estimate of drug-likeness (QED) is 0.850. The standard InChI is InChI=1S/C17H29NO2S/c1-12(2)17(4)15(19)18-14(21-17)11-13-7-5-9-16(3,20)10-6-8-13/h12-13,20H,5-11H2,1-4H3. The first-order chi connectivity index (χ1) is 9.73. The fourth-order valence-corrected chi connectivity index (χ4v) is 4.56. The number of hydrogen-bond donors (Lipinski definition) is 1. The minimum atomic E-state index is -0.475. The van der Waals surface area contributed by atoms with Crippen LogP contribution in [0.5, 0.6) is 0 Å². The van der Waals surface area contributed by atoms with Gasteiger partial charge in [-0.25, -0.2) is 4.99 Å². The minimum Gasteiger partial charge on any atom is -0.390 e. The van der Waals surface area contributed by atoms with Crippen LogP contribution in [0.3, 0.4) is 0 Å². The third kappa shape index (κ3) is 4.10. The van der Waals surface area contributed by atoms with E-state index in [-0.39, 0.29) is 10.7 Å². The second-order valence-corrected chi connectivity index (χ2v) is 9.05. The Bertz CT molecular complexity index is 419. The van der Waals surface area contributed by atoms with Crippen LogP contribution >= 0.6 is 11.8 Å². The molecule has 0 bridgehead atoms. The number of nitrogens with zero attached hydrogens (tertiary/aromatic N) is 1. The van der Waals surface area contributed by atoms with Gasteiger partial charge in [0, 0.05) is 0 Å². The van der Waals surface area contributed by atoms with Crippen molar-refractivity contribution < 1.29 is 9.90 Å². The molecule has 3 nitrogen and oxygen atoms in total. The molecule has 21 heavy (non-hydrogen) atoms. The van der Waals surface area contributed by atoms with E-state index >= 15 is 0 Å². The summed E-state index contributed by atoms with van der Waals surface area (Å²) in [7, 11) is 0. The monoisotopic (exact) mass is 311 g/mol. The smallest absolute Gasteiger partial charge is 0.263 e. The van der Waals surface area contributed by atoms with Crippen molar-refractivity contribution in [1.82, 2.24) is 0 Å². The Kier molecular flexibility index (Phi) is 5.19. The zero-order valence-electron chi connectivity index (χ0n) is 13.8. The molecule has 1 aliphatic carbocycles. The predicted octanol–water partition coefficient (Wildman–Crippen LogP) is 4.18. The van der Waals surface area contributed by atoms with Crippen molar-refractivity contribution in [2.24, 2.45) is 16.8 Å². The molecule has 1 aliphatic heterocycles. The van der Waals surface area contributed by atoms with Gasteiger partial charge in [0.15, 0.2) is 0 Å². The van der Waals surface area contributed by atoms with Crippen LogP contribution in [0.1, 0.15) is 72.6 Å². The number of aliphatic hydroxyl groups is 1. The van der Waals surface area contributed by atoms with Crippen molar-refractivity contribution >= 4 is 22.7 Å². The average Bonchev–Trinajstić information content (AvgIpc) is 2.63. The molecule has 0 aromatic heterocycles. The summed E-state index contributed by atoms with van der Waals surface area (Å²) in [5.41, 5.74) is -0.475. The Labute approximate surface area is 133 Å². The fourth-order valence-electron chi connectivity index (χ4n) is 3.25. The van der Waals surface area contributed by atoms with Gasteiger partial charge < -0.3 is 5.11 Å². The number of thioether (sulfide) groups is 1. The van der Waals surface area contributed by atoms with Gasteiger partial charge in [0.05, 0.1) is 10.6 Å². The second-order valence-electron chi connectivity index (χ2n) is 7.53. The number of aliphatic imine (C=N–C) groups is 1. The van der Waals surface area contributed by atoms with Crippen molar-refractivity contribution in [3.05, 3.63) is 0 Å². The molecule has 0 aromatic rings. The van der Waals surface area contributed by atoms with Gasteiger partial charge in [0.25, 0.3) is 5.91 Å². The molecular weight excluding hydrogens is 282 g/mol. The van der Waals surface area contributed by atoms with Crippen molar-refractivity contribution in [2.75, 3.05) is 0 Å². The summed E-state index contributed by atoms with van der Waals surface area (Å²) in [6, 6.07) is 0. The Morgan fingerprint density at radius 3 is 2.33 bits per heavy atom. The molecule has 0 radical (unpaired) electrons. The third-order valence-corrected chi connectivity index (χ3v) is 6.76. The lowest BCUT2D eigenvalue weighted by Crippen LogP contribution is -2.33. The van der Waals surface area contributed by atoms with E-state index in [9.17, 15) is 9.90 Å². The van der Waals surface area contributed by atoms with Crippen LogP contribution in [0.15, 0.2) is 4.99 Å². The van der Waals surface area contributed by atoms with Crippen LogP contribution < -0.4 is 0 Å². The summed E-state index contributed by atoms with van der Waals surface area (Å²) in [6.45, 7) is 8.18. The summed E-state index contributed by atoms with van der Waals surface area (Å²) in [4.78, 5) is 16.5. The van der Waals surface area contributed by atoms with Crippen LogP contribution in [-0.2, 0) is 4.79 Å². The van der Waals surface area contributed by atoms with Gasteiger partial charge in [-0.2, -0.15) is 0 Å². The first kappa shape index (κ1) is 17.0. The highest BCUT2D eigenvalue weighted by atomic mass is 32.2. The van der Waals surface area contributed by atoms with Crippen LogP contribution in [0.2, 0.25) is 0 Å². The minimum absolute atomic E-state index is 0.0475. The van der Waals surface area contributed by atoms with E-state index in [1.165, 1.54) is 0 Å². The van der Waals surface area contributed by atoms with Gasteiger partial charge in [-0.1, -0.05) is 38.5 Å². The number of amides is 1. The molecule has 1 amide bonds. The highest BCUT2D eigenvalue weighted by Crippen LogP contribution is 2.42. The maximum absolute atomic E-state index is 12.2. The highest BCUT2D eigenvalue weighted by molar-refractivity contribution is 8.16. The molecule has 0 aromatic carbocycles. The van der Waals surface area contributed by atoms with Crippen LogP contribution in [0.25, 0.3) is 0 Å². The normalized spacial score (nSPS) is 38.3. The maximum Gasteiger partial charge on any atom is 0.263 e. The number of rotatable bonds is 3. The molecule has 4 heteroatoms. The van der Waals surface area contributed by atoms with Gasteiger partial charge in [-0.15, -0.1) is 0 Å². The molecule has 2 aliphatic rings. The van der Waals surface area contributed by atoms with Gasteiger partial charge in [0.1, 0.15) is 4.75 Å². The van der Waals surface area contributed by atoms with Gasteiger partial charge in [-0.05, 0) is 57.8 Å². The molecule has 1 atom stereocenters. The molecule has 120 valence electrons. The van der Waals surface area contributed by atoms with E-state index < -0.39 is 5.60 Å². The van der Waals surface area contributed by atoms with Crippen molar-refractivity contribution in [3.63, 3.8) is 0 Å². The predicted molar refractivity (Wildman–Crippen MR) is 89.7 cm³/mol. The fraction of sp³-hybridized carbons (Fsp3) is 0.882. The van der Waals surface area contributed by atoms with Gasteiger partial charge in [0.2, 0.25) is 0 Å². The van der Waals surface area contributed by atoms with Crippen molar-refractivity contribution in [3.8, 4) is 0 Å².